The summed E-state index contributed by atoms with van der Waals surface area (Å²) in [5, 5.41) is 3.41. The van der Waals surface area contributed by atoms with Crippen molar-refractivity contribution in [2.75, 3.05) is 0 Å². The molecular weight excluding hydrogens is 360 g/mol. The average molecular weight is 395 g/mol. The number of benzene rings is 1. The molecule has 4 nitrogen and oxygen atoms in total. The van der Waals surface area contributed by atoms with Gasteiger partial charge in [0.2, 0.25) is 5.91 Å². The van der Waals surface area contributed by atoms with Crippen LogP contribution in [-0.4, -0.2) is 34.3 Å². The SMILES string of the molecule is O=C(NC1CCCC1)[C@H]1c2ccccc2C(=O)N(C2CCCC2)C12CCCCC2. The molecule has 1 aromatic carbocycles. The summed E-state index contributed by atoms with van der Waals surface area (Å²) in [5.41, 5.74) is 1.41. The summed E-state index contributed by atoms with van der Waals surface area (Å²) in [6.07, 6.45) is 14.6. The first-order valence-electron chi connectivity index (χ1n) is 11.9. The fraction of sp³-hybridized carbons (Fsp3) is 0.680. The minimum Gasteiger partial charge on any atom is -0.353 e. The first kappa shape index (κ1) is 19.1. The molecule has 0 aromatic heterocycles. The highest BCUT2D eigenvalue weighted by molar-refractivity contribution is 6.02. The first-order valence-corrected chi connectivity index (χ1v) is 11.9. The Morgan fingerprint density at radius 2 is 1.55 bits per heavy atom. The molecule has 0 unspecified atom stereocenters. The lowest BCUT2D eigenvalue weighted by atomic mass is 9.64. The second kappa shape index (κ2) is 7.77. The number of nitrogens with zero attached hydrogens (tertiary/aromatic N) is 1. The molecule has 0 bridgehead atoms. The number of carbonyl (C=O) groups excluding carboxylic acids is 2. The van der Waals surface area contributed by atoms with Gasteiger partial charge in [0, 0.05) is 17.6 Å². The van der Waals surface area contributed by atoms with Gasteiger partial charge in [-0.1, -0.05) is 63.1 Å². The van der Waals surface area contributed by atoms with Gasteiger partial charge in [-0.3, -0.25) is 9.59 Å². The summed E-state index contributed by atoms with van der Waals surface area (Å²) in [6, 6.07) is 8.57. The zero-order valence-corrected chi connectivity index (χ0v) is 17.5. The molecule has 3 fully saturated rings. The normalized spacial score (nSPS) is 27.4. The number of carbonyl (C=O) groups is 2. The number of amides is 2. The van der Waals surface area contributed by atoms with Crippen molar-refractivity contribution in [1.29, 1.82) is 0 Å². The van der Waals surface area contributed by atoms with Crippen molar-refractivity contribution in [1.82, 2.24) is 10.2 Å². The summed E-state index contributed by atoms with van der Waals surface area (Å²) in [4.78, 5) is 29.8. The van der Waals surface area contributed by atoms with E-state index >= 15 is 0 Å². The van der Waals surface area contributed by atoms with Gasteiger partial charge in [-0.2, -0.15) is 0 Å². The standard InChI is InChI=1S/C25H34N2O2/c28-23(26-18-10-2-3-11-18)22-20-14-6-7-15-21(20)24(29)27(19-12-4-5-13-19)25(22)16-8-1-9-17-25/h6-7,14-15,18-19,22H,1-5,8-13,16-17H2,(H,26,28)/t22-/m1/s1. The third-order valence-electron chi connectivity index (χ3n) is 8.11. The second-order valence-electron chi connectivity index (χ2n) is 9.79. The number of nitrogens with one attached hydrogen (secondary N) is 1. The lowest BCUT2D eigenvalue weighted by Crippen LogP contribution is -2.65. The van der Waals surface area contributed by atoms with Gasteiger partial charge >= 0.3 is 0 Å². The highest BCUT2D eigenvalue weighted by atomic mass is 16.2. The van der Waals surface area contributed by atoms with Crippen LogP contribution in [-0.2, 0) is 4.79 Å². The Labute approximate surface area is 174 Å². The van der Waals surface area contributed by atoms with E-state index < -0.39 is 0 Å². The van der Waals surface area contributed by atoms with E-state index in [1.807, 2.05) is 18.2 Å². The van der Waals surface area contributed by atoms with Gasteiger partial charge in [-0.15, -0.1) is 0 Å². The van der Waals surface area contributed by atoms with Crippen LogP contribution in [0, 0.1) is 0 Å². The van der Waals surface area contributed by atoms with Gasteiger partial charge in [0.05, 0.1) is 11.5 Å². The van der Waals surface area contributed by atoms with Crippen molar-refractivity contribution < 1.29 is 9.59 Å². The summed E-state index contributed by atoms with van der Waals surface area (Å²) < 4.78 is 0. The predicted octanol–water partition coefficient (Wildman–Crippen LogP) is 4.93. The lowest BCUT2D eigenvalue weighted by Gasteiger charge is -2.56. The Morgan fingerprint density at radius 1 is 0.897 bits per heavy atom. The van der Waals surface area contributed by atoms with Crippen molar-refractivity contribution in [3.8, 4) is 0 Å². The van der Waals surface area contributed by atoms with Gasteiger partial charge in [0.25, 0.3) is 5.91 Å². The molecule has 1 N–H and O–H groups in total. The van der Waals surface area contributed by atoms with Crippen LogP contribution in [0.25, 0.3) is 0 Å². The summed E-state index contributed by atoms with van der Waals surface area (Å²) in [7, 11) is 0. The van der Waals surface area contributed by atoms with Gasteiger partial charge in [0.1, 0.15) is 0 Å². The molecule has 4 aliphatic rings. The van der Waals surface area contributed by atoms with Gasteiger partial charge < -0.3 is 10.2 Å². The first-order chi connectivity index (χ1) is 14.2. The van der Waals surface area contributed by atoms with E-state index in [0.717, 1.165) is 62.5 Å². The maximum Gasteiger partial charge on any atom is 0.254 e. The Bertz CT molecular complexity index is 771. The van der Waals surface area contributed by atoms with Crippen LogP contribution in [0.1, 0.15) is 105 Å². The van der Waals surface area contributed by atoms with Gasteiger partial charge in [-0.05, 0) is 50.2 Å². The van der Waals surface area contributed by atoms with Crippen LogP contribution in [0.4, 0.5) is 0 Å². The van der Waals surface area contributed by atoms with Crippen molar-refractivity contribution in [3.63, 3.8) is 0 Å². The van der Waals surface area contributed by atoms with E-state index in [1.54, 1.807) is 0 Å². The highest BCUT2D eigenvalue weighted by Gasteiger charge is 2.56. The molecule has 1 spiro atoms. The number of hydrogen-bond acceptors (Lipinski definition) is 2. The molecule has 29 heavy (non-hydrogen) atoms. The van der Waals surface area contributed by atoms with Crippen LogP contribution < -0.4 is 5.32 Å². The molecule has 1 aromatic rings. The van der Waals surface area contributed by atoms with Crippen molar-refractivity contribution in [2.24, 2.45) is 0 Å². The van der Waals surface area contributed by atoms with Crippen LogP contribution in [0.15, 0.2) is 24.3 Å². The molecule has 156 valence electrons. The number of fused-ring (bicyclic) bond motifs is 1. The minimum atomic E-state index is -0.332. The van der Waals surface area contributed by atoms with E-state index in [0.29, 0.717) is 12.1 Å². The molecule has 5 rings (SSSR count). The Kier molecular flexibility index (Phi) is 5.13. The zero-order chi connectivity index (χ0) is 19.8. The summed E-state index contributed by atoms with van der Waals surface area (Å²) >= 11 is 0. The van der Waals surface area contributed by atoms with Crippen LogP contribution in [0.3, 0.4) is 0 Å². The van der Waals surface area contributed by atoms with Gasteiger partial charge in [-0.25, -0.2) is 0 Å². The Balaban J connectivity index is 1.60. The van der Waals surface area contributed by atoms with Crippen molar-refractivity contribution >= 4 is 11.8 Å². The third-order valence-corrected chi connectivity index (χ3v) is 8.11. The van der Waals surface area contributed by atoms with E-state index in [1.165, 1.54) is 32.1 Å². The average Bonchev–Trinajstić information content (AvgIpc) is 3.43. The third kappa shape index (κ3) is 3.19. The number of rotatable bonds is 3. The van der Waals surface area contributed by atoms with E-state index in [-0.39, 0.29) is 23.3 Å². The van der Waals surface area contributed by atoms with Crippen molar-refractivity contribution in [3.05, 3.63) is 35.4 Å². The Morgan fingerprint density at radius 3 is 2.28 bits per heavy atom. The van der Waals surface area contributed by atoms with Gasteiger partial charge in [0.15, 0.2) is 0 Å². The maximum absolute atomic E-state index is 13.8. The topological polar surface area (TPSA) is 49.4 Å². The second-order valence-corrected chi connectivity index (χ2v) is 9.79. The fourth-order valence-electron chi connectivity index (χ4n) is 6.83. The van der Waals surface area contributed by atoms with E-state index in [2.05, 4.69) is 16.3 Å². The minimum absolute atomic E-state index is 0.168. The summed E-state index contributed by atoms with van der Waals surface area (Å²) in [5.74, 6) is 0.124. The smallest absolute Gasteiger partial charge is 0.254 e. The molecule has 3 saturated carbocycles. The zero-order valence-electron chi connectivity index (χ0n) is 17.5. The van der Waals surface area contributed by atoms with E-state index in [9.17, 15) is 9.59 Å². The Hall–Kier alpha value is -1.84. The molecule has 3 aliphatic carbocycles. The molecule has 2 amide bonds. The quantitative estimate of drug-likeness (QED) is 0.790. The number of hydrogen-bond donors (Lipinski definition) is 1. The van der Waals surface area contributed by atoms with Crippen LogP contribution in [0.2, 0.25) is 0 Å². The fourth-order valence-corrected chi connectivity index (χ4v) is 6.83. The van der Waals surface area contributed by atoms with E-state index in [4.69, 9.17) is 0 Å². The monoisotopic (exact) mass is 394 g/mol. The van der Waals surface area contributed by atoms with Crippen LogP contribution >= 0.6 is 0 Å². The predicted molar refractivity (Wildman–Crippen MR) is 114 cm³/mol. The summed E-state index contributed by atoms with van der Waals surface area (Å²) in [6.45, 7) is 0. The lowest BCUT2D eigenvalue weighted by molar-refractivity contribution is -0.128. The maximum atomic E-state index is 13.8. The molecule has 4 heteroatoms. The molecule has 1 heterocycles. The highest BCUT2D eigenvalue weighted by Crippen LogP contribution is 2.51. The molecule has 1 aliphatic heterocycles. The molecule has 1 atom stereocenters. The molecule has 0 saturated heterocycles. The molecular formula is C25H34N2O2. The largest absolute Gasteiger partial charge is 0.353 e. The van der Waals surface area contributed by atoms with Crippen LogP contribution in [0.5, 0.6) is 0 Å². The molecule has 0 radical (unpaired) electrons. The van der Waals surface area contributed by atoms with Crippen molar-refractivity contribution in [2.45, 2.75) is 107 Å².